The van der Waals surface area contributed by atoms with E-state index in [1.807, 2.05) is 18.2 Å². The summed E-state index contributed by atoms with van der Waals surface area (Å²) < 4.78 is 11.3. The van der Waals surface area contributed by atoms with Gasteiger partial charge in [0.05, 0.1) is 13.2 Å². The first-order valence-electron chi connectivity index (χ1n) is 6.37. The molecule has 100 valence electrons. The molecular weight excluding hydrogens is 226 g/mol. The molecule has 0 bridgehead atoms. The van der Waals surface area contributed by atoms with Gasteiger partial charge in [-0.05, 0) is 19.4 Å². The van der Waals surface area contributed by atoms with Crippen LogP contribution >= 0.6 is 0 Å². The summed E-state index contributed by atoms with van der Waals surface area (Å²) in [6, 6.07) is 5.96. The summed E-state index contributed by atoms with van der Waals surface area (Å²) in [5.74, 6) is 1.62. The highest BCUT2D eigenvalue weighted by molar-refractivity contribution is 5.46. The van der Waals surface area contributed by atoms with Crippen LogP contribution in [0.1, 0.15) is 25.8 Å². The molecule has 0 radical (unpaired) electrons. The molecule has 0 fully saturated rings. The zero-order valence-corrected chi connectivity index (χ0v) is 11.5. The van der Waals surface area contributed by atoms with E-state index in [9.17, 15) is 0 Å². The highest BCUT2D eigenvalue weighted by Crippen LogP contribution is 2.32. The number of para-hydroxylation sites is 1. The predicted octanol–water partition coefficient (Wildman–Crippen LogP) is 3.15. The lowest BCUT2D eigenvalue weighted by atomic mass is 10.1. The van der Waals surface area contributed by atoms with Crippen LogP contribution in [0.3, 0.4) is 0 Å². The van der Waals surface area contributed by atoms with Crippen LogP contribution in [0.2, 0.25) is 0 Å². The van der Waals surface area contributed by atoms with Gasteiger partial charge in [-0.1, -0.05) is 25.1 Å². The Balaban J connectivity index is 2.88. The van der Waals surface area contributed by atoms with Crippen molar-refractivity contribution in [3.8, 4) is 11.5 Å². The summed E-state index contributed by atoms with van der Waals surface area (Å²) >= 11 is 0. The Morgan fingerprint density at radius 1 is 1.44 bits per heavy atom. The molecule has 1 atom stereocenters. The third-order valence-corrected chi connectivity index (χ3v) is 2.78. The van der Waals surface area contributed by atoms with E-state index < -0.39 is 0 Å². The number of rotatable bonds is 8. The molecule has 1 aromatic rings. The van der Waals surface area contributed by atoms with Crippen molar-refractivity contribution in [2.75, 3.05) is 13.7 Å². The zero-order valence-electron chi connectivity index (χ0n) is 11.5. The fraction of sp³-hybridized carbons (Fsp3) is 0.467. The van der Waals surface area contributed by atoms with Crippen molar-refractivity contribution >= 4 is 0 Å². The number of nitrogens with one attached hydrogen (secondary N) is 1. The quantitative estimate of drug-likeness (QED) is 0.567. The van der Waals surface area contributed by atoms with Crippen molar-refractivity contribution in [2.24, 2.45) is 0 Å². The van der Waals surface area contributed by atoms with Crippen LogP contribution in [0, 0.1) is 0 Å². The van der Waals surface area contributed by atoms with Gasteiger partial charge in [-0.3, -0.25) is 0 Å². The highest BCUT2D eigenvalue weighted by atomic mass is 16.5. The minimum Gasteiger partial charge on any atom is -0.493 e. The minimum absolute atomic E-state index is 0.180. The standard InChI is InChI=1S/C15H23NO2/c1-5-10-16-11-13-8-7-9-14(17-4)15(13)18-12(3)6-2/h5,7-9,12,16H,1,6,10-11H2,2-4H3. The van der Waals surface area contributed by atoms with Crippen molar-refractivity contribution in [1.82, 2.24) is 5.32 Å². The van der Waals surface area contributed by atoms with E-state index in [4.69, 9.17) is 9.47 Å². The first-order chi connectivity index (χ1) is 8.72. The molecule has 1 rings (SSSR count). The van der Waals surface area contributed by atoms with Crippen molar-refractivity contribution in [2.45, 2.75) is 32.9 Å². The Morgan fingerprint density at radius 3 is 2.83 bits per heavy atom. The van der Waals surface area contributed by atoms with Gasteiger partial charge in [-0.25, -0.2) is 0 Å². The van der Waals surface area contributed by atoms with Crippen molar-refractivity contribution < 1.29 is 9.47 Å². The van der Waals surface area contributed by atoms with Gasteiger partial charge in [0, 0.05) is 18.7 Å². The fourth-order valence-corrected chi connectivity index (χ4v) is 1.59. The van der Waals surface area contributed by atoms with Crippen molar-refractivity contribution in [3.05, 3.63) is 36.4 Å². The SMILES string of the molecule is C=CCNCc1cccc(OC)c1OC(C)CC. The summed E-state index contributed by atoms with van der Waals surface area (Å²) in [6.07, 6.45) is 2.99. The van der Waals surface area contributed by atoms with Crippen molar-refractivity contribution in [3.63, 3.8) is 0 Å². The van der Waals surface area contributed by atoms with Gasteiger partial charge in [0.1, 0.15) is 0 Å². The van der Waals surface area contributed by atoms with E-state index in [-0.39, 0.29) is 6.10 Å². The summed E-state index contributed by atoms with van der Waals surface area (Å²) in [4.78, 5) is 0. The maximum Gasteiger partial charge on any atom is 0.166 e. The zero-order chi connectivity index (χ0) is 13.4. The lowest BCUT2D eigenvalue weighted by molar-refractivity contribution is 0.205. The third kappa shape index (κ3) is 4.08. The smallest absolute Gasteiger partial charge is 0.166 e. The van der Waals surface area contributed by atoms with Crippen LogP contribution in [-0.4, -0.2) is 19.8 Å². The highest BCUT2D eigenvalue weighted by Gasteiger charge is 2.12. The molecular formula is C15H23NO2. The Hall–Kier alpha value is -1.48. The second kappa shape index (κ2) is 7.77. The normalized spacial score (nSPS) is 11.9. The number of benzene rings is 1. The average Bonchev–Trinajstić information content (AvgIpc) is 2.40. The van der Waals surface area contributed by atoms with Gasteiger partial charge in [-0.2, -0.15) is 0 Å². The van der Waals surface area contributed by atoms with E-state index in [1.54, 1.807) is 7.11 Å². The summed E-state index contributed by atoms with van der Waals surface area (Å²) in [7, 11) is 1.67. The van der Waals surface area contributed by atoms with Gasteiger partial charge < -0.3 is 14.8 Å². The van der Waals surface area contributed by atoms with Crippen LogP contribution < -0.4 is 14.8 Å². The molecule has 0 aliphatic carbocycles. The lowest BCUT2D eigenvalue weighted by Crippen LogP contribution is -2.16. The summed E-state index contributed by atoms with van der Waals surface area (Å²) in [6.45, 7) is 9.38. The first kappa shape index (κ1) is 14.6. The second-order valence-corrected chi connectivity index (χ2v) is 4.20. The number of methoxy groups -OCH3 is 1. The molecule has 1 unspecified atom stereocenters. The maximum absolute atomic E-state index is 5.96. The van der Waals surface area contributed by atoms with E-state index in [1.165, 1.54) is 0 Å². The molecule has 1 N–H and O–H groups in total. The van der Waals surface area contributed by atoms with Gasteiger partial charge in [-0.15, -0.1) is 6.58 Å². The largest absolute Gasteiger partial charge is 0.493 e. The molecule has 0 heterocycles. The molecule has 3 heteroatoms. The van der Waals surface area contributed by atoms with Crippen LogP contribution in [0.25, 0.3) is 0 Å². The Kier molecular flexibility index (Phi) is 6.29. The lowest BCUT2D eigenvalue weighted by Gasteiger charge is -2.19. The van der Waals surface area contributed by atoms with E-state index in [0.717, 1.165) is 36.6 Å². The maximum atomic E-state index is 5.96. The van der Waals surface area contributed by atoms with Crippen molar-refractivity contribution in [1.29, 1.82) is 0 Å². The van der Waals surface area contributed by atoms with Gasteiger partial charge in [0.15, 0.2) is 11.5 Å². The predicted molar refractivity (Wildman–Crippen MR) is 75.3 cm³/mol. The topological polar surface area (TPSA) is 30.5 Å². The second-order valence-electron chi connectivity index (χ2n) is 4.20. The molecule has 0 amide bonds. The third-order valence-electron chi connectivity index (χ3n) is 2.78. The monoisotopic (exact) mass is 249 g/mol. The molecule has 1 aromatic carbocycles. The summed E-state index contributed by atoms with van der Waals surface area (Å²) in [5.41, 5.74) is 1.11. The van der Waals surface area contributed by atoms with E-state index >= 15 is 0 Å². The van der Waals surface area contributed by atoms with Crippen LogP contribution in [-0.2, 0) is 6.54 Å². The number of hydrogen-bond donors (Lipinski definition) is 1. The first-order valence-corrected chi connectivity index (χ1v) is 6.37. The van der Waals surface area contributed by atoms with Crippen LogP contribution in [0.5, 0.6) is 11.5 Å². The van der Waals surface area contributed by atoms with E-state index in [0.29, 0.717) is 0 Å². The number of ether oxygens (including phenoxy) is 2. The summed E-state index contributed by atoms with van der Waals surface area (Å²) in [5, 5.41) is 3.28. The Labute approximate surface area is 110 Å². The number of hydrogen-bond acceptors (Lipinski definition) is 3. The molecule has 0 aliphatic rings. The Bertz CT molecular complexity index is 377. The molecule has 18 heavy (non-hydrogen) atoms. The molecule has 0 spiro atoms. The minimum atomic E-state index is 0.180. The van der Waals surface area contributed by atoms with Gasteiger partial charge in [0.25, 0.3) is 0 Å². The fourth-order valence-electron chi connectivity index (χ4n) is 1.59. The molecule has 0 saturated heterocycles. The van der Waals surface area contributed by atoms with Gasteiger partial charge in [0.2, 0.25) is 0 Å². The average molecular weight is 249 g/mol. The Morgan fingerprint density at radius 2 is 2.22 bits per heavy atom. The molecule has 0 aromatic heterocycles. The van der Waals surface area contributed by atoms with E-state index in [2.05, 4.69) is 31.8 Å². The molecule has 3 nitrogen and oxygen atoms in total. The molecule has 0 aliphatic heterocycles. The molecule has 0 saturated carbocycles. The van der Waals surface area contributed by atoms with Gasteiger partial charge >= 0.3 is 0 Å². The van der Waals surface area contributed by atoms with Crippen LogP contribution in [0.15, 0.2) is 30.9 Å². The van der Waals surface area contributed by atoms with Crippen LogP contribution in [0.4, 0.5) is 0 Å².